The Bertz CT molecular complexity index is 86.7. The fraction of sp³-hybridized carbons (Fsp3) is 1.00. The molecule has 0 fully saturated rings. The van der Waals surface area contributed by atoms with Gasteiger partial charge in [-0.1, -0.05) is 0 Å². The summed E-state index contributed by atoms with van der Waals surface area (Å²) in [6.07, 6.45) is 0.0231. The van der Waals surface area contributed by atoms with Crippen molar-refractivity contribution in [1.29, 1.82) is 0 Å². The van der Waals surface area contributed by atoms with E-state index in [-0.39, 0.29) is 18.8 Å². The molecule has 0 aliphatic rings. The molecular weight excluding hydrogens is 144 g/mol. The third-order valence-electron chi connectivity index (χ3n) is 1.58. The molecule has 68 valence electrons. The van der Waals surface area contributed by atoms with Crippen LogP contribution in [0.4, 0.5) is 0 Å². The lowest BCUT2D eigenvalue weighted by atomic mass is 10.2. The number of nitrogens with one attached hydrogen (secondary N) is 4. The lowest BCUT2D eigenvalue weighted by molar-refractivity contribution is 0.198. The van der Waals surface area contributed by atoms with Crippen molar-refractivity contribution in [3.05, 3.63) is 0 Å². The van der Waals surface area contributed by atoms with Crippen LogP contribution in [0.3, 0.4) is 0 Å². The molecule has 0 saturated heterocycles. The summed E-state index contributed by atoms with van der Waals surface area (Å²) in [5.41, 5.74) is 5.75. The first-order valence-corrected chi connectivity index (χ1v) is 3.67. The summed E-state index contributed by atoms with van der Waals surface area (Å²) in [5, 5.41) is 14.9. The molecule has 0 aliphatic heterocycles. The standard InChI is InChI=1S/C6H18N4O/c1-7-5(4-11)6(8-2)10-9-3/h5-11H,4H2,1-3H3. The average molecular weight is 162 g/mol. The van der Waals surface area contributed by atoms with E-state index in [0.29, 0.717) is 0 Å². The van der Waals surface area contributed by atoms with Crippen molar-refractivity contribution in [3.63, 3.8) is 0 Å². The van der Waals surface area contributed by atoms with Crippen LogP contribution < -0.4 is 21.5 Å². The van der Waals surface area contributed by atoms with E-state index >= 15 is 0 Å². The van der Waals surface area contributed by atoms with E-state index in [1.54, 1.807) is 7.05 Å². The number of likely N-dealkylation sites (N-methyl/N-ethyl adjacent to an activating group) is 2. The monoisotopic (exact) mass is 162 g/mol. The van der Waals surface area contributed by atoms with Crippen molar-refractivity contribution in [2.24, 2.45) is 0 Å². The van der Waals surface area contributed by atoms with Crippen molar-refractivity contribution < 1.29 is 5.11 Å². The van der Waals surface area contributed by atoms with Crippen LogP contribution >= 0.6 is 0 Å². The quantitative estimate of drug-likeness (QED) is 0.227. The zero-order valence-corrected chi connectivity index (χ0v) is 7.31. The highest BCUT2D eigenvalue weighted by atomic mass is 16.3. The third kappa shape index (κ3) is 3.64. The Morgan fingerprint density at radius 3 is 2.09 bits per heavy atom. The maximum atomic E-state index is 8.88. The number of aliphatic hydroxyl groups excluding tert-OH is 1. The van der Waals surface area contributed by atoms with Gasteiger partial charge >= 0.3 is 0 Å². The molecule has 0 saturated carbocycles. The number of hydrazine groups is 1. The number of hydrogen-bond donors (Lipinski definition) is 5. The molecule has 0 bridgehead atoms. The van der Waals surface area contributed by atoms with E-state index < -0.39 is 0 Å². The molecule has 2 unspecified atom stereocenters. The molecule has 0 rings (SSSR count). The molecule has 0 aliphatic carbocycles. The zero-order valence-electron chi connectivity index (χ0n) is 7.31. The summed E-state index contributed by atoms with van der Waals surface area (Å²) >= 11 is 0. The van der Waals surface area contributed by atoms with Gasteiger partial charge in [0.15, 0.2) is 0 Å². The van der Waals surface area contributed by atoms with Crippen LogP contribution in [0.2, 0.25) is 0 Å². The second-order valence-corrected chi connectivity index (χ2v) is 2.24. The van der Waals surface area contributed by atoms with Crippen molar-refractivity contribution in [3.8, 4) is 0 Å². The van der Waals surface area contributed by atoms with Gasteiger partial charge in [0.2, 0.25) is 0 Å². The number of aliphatic hydroxyl groups is 1. The Morgan fingerprint density at radius 1 is 1.18 bits per heavy atom. The SMILES string of the molecule is CNNC(NC)C(CO)NC. The first-order chi connectivity index (χ1) is 5.29. The predicted octanol–water partition coefficient (Wildman–Crippen LogP) is -2.16. The predicted molar refractivity (Wildman–Crippen MR) is 45.0 cm³/mol. The van der Waals surface area contributed by atoms with Crippen molar-refractivity contribution in [2.75, 3.05) is 27.7 Å². The van der Waals surface area contributed by atoms with Gasteiger partial charge in [-0.2, -0.15) is 0 Å². The van der Waals surface area contributed by atoms with E-state index in [1.807, 2.05) is 14.1 Å². The molecule has 0 spiro atoms. The number of rotatable bonds is 6. The Labute approximate surface area is 67.5 Å². The molecule has 5 nitrogen and oxygen atoms in total. The molecule has 11 heavy (non-hydrogen) atoms. The largest absolute Gasteiger partial charge is 0.395 e. The molecule has 0 aromatic carbocycles. The lowest BCUT2D eigenvalue weighted by Crippen LogP contribution is -2.58. The first-order valence-electron chi connectivity index (χ1n) is 3.67. The summed E-state index contributed by atoms with van der Waals surface area (Å²) < 4.78 is 0. The van der Waals surface area contributed by atoms with Crippen LogP contribution in [0.5, 0.6) is 0 Å². The second kappa shape index (κ2) is 6.51. The van der Waals surface area contributed by atoms with Gasteiger partial charge in [-0.05, 0) is 21.1 Å². The van der Waals surface area contributed by atoms with Crippen molar-refractivity contribution in [1.82, 2.24) is 21.5 Å². The van der Waals surface area contributed by atoms with Gasteiger partial charge < -0.3 is 15.7 Å². The van der Waals surface area contributed by atoms with Crippen molar-refractivity contribution >= 4 is 0 Å². The first kappa shape index (κ1) is 10.8. The average Bonchev–Trinajstić information content (AvgIpc) is 2.05. The van der Waals surface area contributed by atoms with Gasteiger partial charge in [-0.25, -0.2) is 5.43 Å². The Balaban J connectivity index is 3.76. The molecule has 5 heteroatoms. The van der Waals surface area contributed by atoms with Crippen LogP contribution in [0.1, 0.15) is 0 Å². The Morgan fingerprint density at radius 2 is 1.82 bits per heavy atom. The van der Waals surface area contributed by atoms with Gasteiger partial charge in [0, 0.05) is 0 Å². The smallest absolute Gasteiger partial charge is 0.0879 e. The van der Waals surface area contributed by atoms with E-state index in [9.17, 15) is 0 Å². The van der Waals surface area contributed by atoms with E-state index in [1.165, 1.54) is 0 Å². The molecule has 0 aromatic heterocycles. The maximum absolute atomic E-state index is 8.88. The van der Waals surface area contributed by atoms with Gasteiger partial charge in [-0.15, -0.1) is 0 Å². The molecule has 0 radical (unpaired) electrons. The zero-order chi connectivity index (χ0) is 8.69. The van der Waals surface area contributed by atoms with Crippen LogP contribution in [-0.4, -0.2) is 45.1 Å². The van der Waals surface area contributed by atoms with Gasteiger partial charge in [0.25, 0.3) is 0 Å². The van der Waals surface area contributed by atoms with Crippen LogP contribution in [-0.2, 0) is 0 Å². The van der Waals surface area contributed by atoms with Gasteiger partial charge in [0.1, 0.15) is 0 Å². The topological polar surface area (TPSA) is 68.3 Å². The minimum atomic E-state index is 0.00690. The molecule has 5 N–H and O–H groups in total. The van der Waals surface area contributed by atoms with Crippen LogP contribution in [0.25, 0.3) is 0 Å². The number of hydrogen-bond acceptors (Lipinski definition) is 5. The molecule has 2 atom stereocenters. The summed E-state index contributed by atoms with van der Waals surface area (Å²) in [6, 6.07) is 0.00690. The minimum Gasteiger partial charge on any atom is -0.395 e. The fourth-order valence-corrected chi connectivity index (χ4v) is 0.893. The van der Waals surface area contributed by atoms with E-state index in [2.05, 4.69) is 21.5 Å². The van der Waals surface area contributed by atoms with Crippen LogP contribution in [0.15, 0.2) is 0 Å². The van der Waals surface area contributed by atoms with E-state index in [0.717, 1.165) is 0 Å². The highest BCUT2D eigenvalue weighted by molar-refractivity contribution is 4.75. The second-order valence-electron chi connectivity index (χ2n) is 2.24. The maximum Gasteiger partial charge on any atom is 0.0879 e. The fourth-order valence-electron chi connectivity index (χ4n) is 0.893. The summed E-state index contributed by atoms with van der Waals surface area (Å²) in [7, 11) is 5.42. The van der Waals surface area contributed by atoms with Crippen LogP contribution in [0, 0.1) is 0 Å². The Hall–Kier alpha value is -0.200. The van der Waals surface area contributed by atoms with E-state index in [4.69, 9.17) is 5.11 Å². The summed E-state index contributed by atoms with van der Waals surface area (Å²) in [6.45, 7) is 0.0939. The molecule has 0 aromatic rings. The summed E-state index contributed by atoms with van der Waals surface area (Å²) in [5.74, 6) is 0. The minimum absolute atomic E-state index is 0.00690. The highest BCUT2D eigenvalue weighted by Crippen LogP contribution is 1.85. The molecule has 0 heterocycles. The highest BCUT2D eigenvalue weighted by Gasteiger charge is 2.15. The molecule has 0 amide bonds. The van der Waals surface area contributed by atoms with Gasteiger partial charge in [0.05, 0.1) is 18.8 Å². The van der Waals surface area contributed by atoms with Crippen molar-refractivity contribution in [2.45, 2.75) is 12.2 Å². The summed E-state index contributed by atoms with van der Waals surface area (Å²) in [4.78, 5) is 0. The van der Waals surface area contributed by atoms with Gasteiger partial charge in [-0.3, -0.25) is 5.43 Å². The molecular formula is C6H18N4O. The third-order valence-corrected chi connectivity index (χ3v) is 1.58. The Kier molecular flexibility index (Phi) is 6.39. The normalized spacial score (nSPS) is 16.4. The lowest BCUT2D eigenvalue weighted by Gasteiger charge is -2.25.